The number of amides is 2. The first-order valence-corrected chi connectivity index (χ1v) is 16.1. The molecule has 3 aromatic carbocycles. The number of aromatic nitrogens is 3. The van der Waals surface area contributed by atoms with Crippen LogP contribution >= 0.6 is 7.14 Å². The molecular weight excluding hydrogens is 567 g/mol. The SMILES string of the molecule is COc1c(NC(=O)Nc2ccc(Oc3ccnc(Nc4cnoc4)n3)c3ccccc23)cc(C(C)(C)C)cc1P(C)(C)=O. The van der Waals surface area contributed by atoms with Crippen LogP contribution in [0, 0.1) is 0 Å². The summed E-state index contributed by atoms with van der Waals surface area (Å²) in [5.41, 5.74) is 2.30. The summed E-state index contributed by atoms with van der Waals surface area (Å²) in [6.45, 7) is 9.55. The van der Waals surface area contributed by atoms with E-state index in [0.717, 1.165) is 16.3 Å². The van der Waals surface area contributed by atoms with Crippen molar-refractivity contribution >= 4 is 52.3 Å². The predicted molar refractivity (Wildman–Crippen MR) is 169 cm³/mol. The Labute approximate surface area is 249 Å². The molecule has 0 aliphatic carbocycles. The number of rotatable bonds is 8. The molecule has 2 amide bonds. The van der Waals surface area contributed by atoms with Crippen LogP contribution in [0.3, 0.4) is 0 Å². The zero-order chi connectivity index (χ0) is 30.8. The number of carbonyl (C=O) groups excluding carboxylic acids is 1. The van der Waals surface area contributed by atoms with Gasteiger partial charge in [0.15, 0.2) is 5.75 Å². The third-order valence-corrected chi connectivity index (χ3v) is 8.13. The number of nitrogens with zero attached hydrogens (tertiary/aromatic N) is 3. The molecule has 0 radical (unpaired) electrons. The third-order valence-electron chi connectivity index (χ3n) is 6.63. The number of ether oxygens (including phenoxy) is 2. The lowest BCUT2D eigenvalue weighted by Gasteiger charge is -2.25. The first-order chi connectivity index (χ1) is 20.4. The van der Waals surface area contributed by atoms with Crippen LogP contribution in [0.4, 0.5) is 27.8 Å². The largest absolute Gasteiger partial charge is 0.494 e. The highest BCUT2D eigenvalue weighted by molar-refractivity contribution is 7.70. The summed E-state index contributed by atoms with van der Waals surface area (Å²) >= 11 is 0. The fourth-order valence-electron chi connectivity index (χ4n) is 4.47. The molecule has 11 nitrogen and oxygen atoms in total. The van der Waals surface area contributed by atoms with E-state index in [2.05, 4.69) is 51.8 Å². The van der Waals surface area contributed by atoms with Crippen molar-refractivity contribution in [2.45, 2.75) is 26.2 Å². The molecule has 5 aromatic rings. The van der Waals surface area contributed by atoms with Gasteiger partial charge in [-0.15, -0.1) is 0 Å². The van der Waals surface area contributed by atoms with Gasteiger partial charge in [-0.25, -0.2) is 9.78 Å². The molecule has 0 saturated heterocycles. The molecule has 0 unspecified atom stereocenters. The third kappa shape index (κ3) is 6.79. The Bertz CT molecular complexity index is 1830. The van der Waals surface area contributed by atoms with Crippen LogP contribution in [0.15, 0.2) is 77.8 Å². The van der Waals surface area contributed by atoms with E-state index in [9.17, 15) is 9.36 Å². The lowest BCUT2D eigenvalue weighted by Crippen LogP contribution is -2.23. The number of anilines is 4. The lowest BCUT2D eigenvalue weighted by molar-refractivity contribution is 0.262. The molecule has 0 fully saturated rings. The second-order valence-corrected chi connectivity index (χ2v) is 14.5. The summed E-state index contributed by atoms with van der Waals surface area (Å²) in [4.78, 5) is 22.0. The maximum Gasteiger partial charge on any atom is 0.323 e. The average molecular weight is 601 g/mol. The molecule has 2 heterocycles. The standard InChI is InChI=1S/C31H33N6O5P/c1-31(2,3)19-15-24(28(40-4)26(16-19)43(5,6)39)36-30(38)35-23-11-12-25(22-10-8-7-9-21(22)23)42-27-13-14-32-29(37-27)34-20-17-33-41-18-20/h7-18H,1-6H3,(H,32,34,37)(H2,35,36,38). The topological polar surface area (TPSA) is 140 Å². The smallest absolute Gasteiger partial charge is 0.323 e. The highest BCUT2D eigenvalue weighted by Crippen LogP contribution is 2.43. The van der Waals surface area contributed by atoms with E-state index in [0.29, 0.717) is 45.7 Å². The quantitative estimate of drug-likeness (QED) is 0.156. The summed E-state index contributed by atoms with van der Waals surface area (Å²) < 4.78 is 29.8. The maximum absolute atomic E-state index is 13.3. The van der Waals surface area contributed by atoms with Crippen LogP contribution in [0.25, 0.3) is 10.8 Å². The molecule has 0 aliphatic heterocycles. The van der Waals surface area contributed by atoms with Crippen molar-refractivity contribution in [3.8, 4) is 17.4 Å². The van der Waals surface area contributed by atoms with Crippen LogP contribution in [0.5, 0.6) is 17.4 Å². The van der Waals surface area contributed by atoms with E-state index in [4.69, 9.17) is 14.0 Å². The van der Waals surface area contributed by atoms with Gasteiger partial charge in [-0.3, -0.25) is 0 Å². The number of benzene rings is 3. The van der Waals surface area contributed by atoms with Gasteiger partial charge in [0.2, 0.25) is 11.8 Å². The van der Waals surface area contributed by atoms with E-state index in [1.54, 1.807) is 37.7 Å². The number of carbonyl (C=O) groups is 1. The van der Waals surface area contributed by atoms with Crippen molar-refractivity contribution in [2.75, 3.05) is 36.4 Å². The van der Waals surface area contributed by atoms with E-state index in [-0.39, 0.29) is 5.41 Å². The van der Waals surface area contributed by atoms with E-state index >= 15 is 0 Å². The summed E-state index contributed by atoms with van der Waals surface area (Å²) in [6.07, 6.45) is 4.52. The fraction of sp³-hybridized carbons (Fsp3) is 0.226. The Kier molecular flexibility index (Phi) is 8.10. The maximum atomic E-state index is 13.3. The molecule has 43 heavy (non-hydrogen) atoms. The predicted octanol–water partition coefficient (Wildman–Crippen LogP) is 7.35. The van der Waals surface area contributed by atoms with Gasteiger partial charge in [-0.1, -0.05) is 50.2 Å². The molecule has 222 valence electrons. The number of urea groups is 1. The number of fused-ring (bicyclic) bond motifs is 1. The van der Waals surface area contributed by atoms with E-state index in [1.165, 1.54) is 19.6 Å². The second-order valence-electron chi connectivity index (χ2n) is 11.3. The van der Waals surface area contributed by atoms with Gasteiger partial charge in [-0.05, 0) is 48.6 Å². The Morgan fingerprint density at radius 1 is 0.977 bits per heavy atom. The molecule has 12 heteroatoms. The van der Waals surface area contributed by atoms with Gasteiger partial charge in [-0.2, -0.15) is 4.98 Å². The van der Waals surface area contributed by atoms with E-state index < -0.39 is 13.2 Å². The molecule has 0 bridgehead atoms. The molecule has 2 aromatic heterocycles. The van der Waals surface area contributed by atoms with Crippen LogP contribution in [0.1, 0.15) is 26.3 Å². The minimum Gasteiger partial charge on any atom is -0.494 e. The first-order valence-electron chi connectivity index (χ1n) is 13.5. The lowest BCUT2D eigenvalue weighted by atomic mass is 9.86. The summed E-state index contributed by atoms with van der Waals surface area (Å²) in [5, 5.41) is 14.6. The number of hydrogen-bond donors (Lipinski definition) is 3. The summed E-state index contributed by atoms with van der Waals surface area (Å²) in [6, 6.07) is 16.0. The normalized spacial score (nSPS) is 11.7. The van der Waals surface area contributed by atoms with Crippen molar-refractivity contribution in [1.29, 1.82) is 0 Å². The molecule has 0 saturated carbocycles. The number of methoxy groups -OCH3 is 1. The van der Waals surface area contributed by atoms with Crippen molar-refractivity contribution < 1.29 is 23.4 Å². The van der Waals surface area contributed by atoms with Crippen molar-refractivity contribution in [2.24, 2.45) is 0 Å². The highest BCUT2D eigenvalue weighted by Gasteiger charge is 2.26. The fourth-order valence-corrected chi connectivity index (χ4v) is 5.62. The summed E-state index contributed by atoms with van der Waals surface area (Å²) in [5.74, 6) is 1.56. The Hall–Kier alpha value is -4.89. The Morgan fingerprint density at radius 2 is 1.72 bits per heavy atom. The minimum atomic E-state index is -2.72. The molecule has 0 atom stereocenters. The van der Waals surface area contributed by atoms with Crippen molar-refractivity contribution in [1.82, 2.24) is 15.1 Å². The van der Waals surface area contributed by atoms with Gasteiger partial charge in [0.25, 0.3) is 0 Å². The zero-order valence-electron chi connectivity index (χ0n) is 24.8. The molecular formula is C31H33N6O5P. The van der Waals surface area contributed by atoms with Gasteiger partial charge in [0, 0.05) is 23.0 Å². The second kappa shape index (κ2) is 11.8. The Balaban J connectivity index is 1.41. The van der Waals surface area contributed by atoms with Crippen LogP contribution in [0.2, 0.25) is 0 Å². The molecule has 0 aliphatic rings. The van der Waals surface area contributed by atoms with Gasteiger partial charge in [0.05, 0.1) is 30.0 Å². The molecule has 0 spiro atoms. The summed E-state index contributed by atoms with van der Waals surface area (Å²) in [7, 11) is -1.22. The van der Waals surface area contributed by atoms with Crippen molar-refractivity contribution in [3.63, 3.8) is 0 Å². The highest BCUT2D eigenvalue weighted by atomic mass is 31.2. The minimum absolute atomic E-state index is 0.244. The first kappa shape index (κ1) is 29.6. The molecule has 5 rings (SSSR count). The van der Waals surface area contributed by atoms with Gasteiger partial charge >= 0.3 is 6.03 Å². The monoisotopic (exact) mass is 600 g/mol. The van der Waals surface area contributed by atoms with Crippen LogP contribution in [-0.2, 0) is 9.98 Å². The Morgan fingerprint density at radius 3 is 2.40 bits per heavy atom. The number of nitrogens with one attached hydrogen (secondary N) is 3. The van der Waals surface area contributed by atoms with Crippen LogP contribution < -0.4 is 30.7 Å². The average Bonchev–Trinajstić information content (AvgIpc) is 3.46. The van der Waals surface area contributed by atoms with Gasteiger partial charge in [0.1, 0.15) is 24.8 Å². The van der Waals surface area contributed by atoms with Gasteiger partial charge < -0.3 is 34.5 Å². The zero-order valence-corrected chi connectivity index (χ0v) is 25.7. The van der Waals surface area contributed by atoms with E-state index in [1.807, 2.05) is 36.4 Å². The van der Waals surface area contributed by atoms with Crippen molar-refractivity contribution in [3.05, 3.63) is 78.8 Å². The van der Waals surface area contributed by atoms with Crippen LogP contribution in [-0.4, -0.2) is 41.6 Å². The molecule has 3 N–H and O–H groups in total. The number of hydrogen-bond acceptors (Lipinski definition) is 9.